The Labute approximate surface area is 225 Å². The van der Waals surface area contributed by atoms with Gasteiger partial charge >= 0.3 is 11.9 Å². The maximum Gasteiger partial charge on any atom is 0.336 e. The minimum Gasteiger partial charge on any atom is -0.478 e. The Morgan fingerprint density at radius 3 is 1.54 bits per heavy atom. The zero-order valence-corrected chi connectivity index (χ0v) is 21.4. The number of ether oxygens (including phenoxy) is 1. The summed E-state index contributed by atoms with van der Waals surface area (Å²) in [7, 11) is 0. The van der Waals surface area contributed by atoms with Crippen molar-refractivity contribution in [3.8, 4) is 22.6 Å². The van der Waals surface area contributed by atoms with Gasteiger partial charge in [-0.05, 0) is 48.9 Å². The summed E-state index contributed by atoms with van der Waals surface area (Å²) in [5.41, 5.74) is 1.19. The van der Waals surface area contributed by atoms with E-state index in [1.807, 2.05) is 31.2 Å². The van der Waals surface area contributed by atoms with Crippen LogP contribution in [0.25, 0.3) is 11.1 Å². The number of aryl methyl sites for hydroxylation is 1. The van der Waals surface area contributed by atoms with Gasteiger partial charge in [-0.25, -0.2) is 9.59 Å². The molecule has 4 aromatic carbocycles. The largest absolute Gasteiger partial charge is 0.478 e. The van der Waals surface area contributed by atoms with E-state index in [0.29, 0.717) is 17.1 Å². The summed E-state index contributed by atoms with van der Waals surface area (Å²) in [6.45, 7) is 3.62. The molecule has 0 saturated heterocycles. The summed E-state index contributed by atoms with van der Waals surface area (Å²) < 4.78 is 5.85. The Hall–Kier alpha value is -5.04. The zero-order valence-electron chi connectivity index (χ0n) is 21.4. The molecule has 196 valence electrons. The van der Waals surface area contributed by atoms with E-state index < -0.39 is 11.9 Å². The van der Waals surface area contributed by atoms with Gasteiger partial charge in [-0.3, -0.25) is 9.59 Å². The lowest BCUT2D eigenvalue weighted by atomic mass is 9.84. The number of carboxylic acids is 2. The van der Waals surface area contributed by atoms with Crippen molar-refractivity contribution >= 4 is 23.5 Å². The Morgan fingerprint density at radius 1 is 0.615 bits per heavy atom. The van der Waals surface area contributed by atoms with E-state index in [1.54, 1.807) is 37.3 Å². The lowest BCUT2D eigenvalue weighted by Crippen LogP contribution is -2.14. The molecule has 0 radical (unpaired) electrons. The summed E-state index contributed by atoms with van der Waals surface area (Å²) in [6, 6.07) is 22.9. The van der Waals surface area contributed by atoms with Gasteiger partial charge in [0.2, 0.25) is 0 Å². The van der Waals surface area contributed by atoms with Gasteiger partial charge in [-0.15, -0.1) is 0 Å². The fourth-order valence-corrected chi connectivity index (χ4v) is 4.35. The first-order chi connectivity index (χ1) is 18.7. The molecule has 7 nitrogen and oxygen atoms in total. The third kappa shape index (κ3) is 5.93. The third-order valence-electron chi connectivity index (χ3n) is 6.31. The highest BCUT2D eigenvalue weighted by Gasteiger charge is 2.27. The minimum absolute atomic E-state index is 0.0177. The van der Waals surface area contributed by atoms with E-state index >= 15 is 0 Å². The van der Waals surface area contributed by atoms with E-state index in [0.717, 1.165) is 5.56 Å². The topological polar surface area (TPSA) is 118 Å². The molecule has 0 amide bonds. The summed E-state index contributed by atoms with van der Waals surface area (Å²) >= 11 is 0. The van der Waals surface area contributed by atoms with Crippen LogP contribution in [0, 0.1) is 6.92 Å². The molecule has 0 saturated carbocycles. The average Bonchev–Trinajstić information content (AvgIpc) is 2.93. The first-order valence-corrected chi connectivity index (χ1v) is 12.3. The van der Waals surface area contributed by atoms with Crippen LogP contribution < -0.4 is 4.74 Å². The third-order valence-corrected chi connectivity index (χ3v) is 6.31. The van der Waals surface area contributed by atoms with Gasteiger partial charge in [0.15, 0.2) is 11.6 Å². The van der Waals surface area contributed by atoms with Crippen molar-refractivity contribution in [2.24, 2.45) is 0 Å². The molecule has 0 unspecified atom stereocenters. The standard InChI is InChI=1S/C32H26O7/c1-3-27(33)23-6-4-7-24(29(23)30-25(31(35)36)8-5-9-26(30)32(37)38)28(34)18-20-12-16-22(17-13-20)39-21-14-10-19(2)11-15-21/h4-17H,3,18H2,1-2H3,(H,35,36)(H,37,38). The molecule has 7 heteroatoms. The van der Waals surface area contributed by atoms with Crippen LogP contribution in [0.2, 0.25) is 0 Å². The Morgan fingerprint density at radius 2 is 1.05 bits per heavy atom. The van der Waals surface area contributed by atoms with E-state index in [-0.39, 0.29) is 57.8 Å². The molecule has 39 heavy (non-hydrogen) atoms. The fourth-order valence-electron chi connectivity index (χ4n) is 4.35. The quantitative estimate of drug-likeness (QED) is 0.218. The molecule has 2 N–H and O–H groups in total. The van der Waals surface area contributed by atoms with Crippen molar-refractivity contribution in [3.05, 3.63) is 118 Å². The molecule has 0 bridgehead atoms. The van der Waals surface area contributed by atoms with Gasteiger partial charge in [-0.1, -0.05) is 61.0 Å². The van der Waals surface area contributed by atoms with Crippen molar-refractivity contribution in [2.75, 3.05) is 0 Å². The van der Waals surface area contributed by atoms with Crippen LogP contribution >= 0.6 is 0 Å². The lowest BCUT2D eigenvalue weighted by molar-refractivity contribution is 0.0696. The first kappa shape index (κ1) is 27.0. The smallest absolute Gasteiger partial charge is 0.336 e. The van der Waals surface area contributed by atoms with Crippen LogP contribution in [-0.2, 0) is 6.42 Å². The van der Waals surface area contributed by atoms with Crippen molar-refractivity contribution in [1.29, 1.82) is 0 Å². The van der Waals surface area contributed by atoms with Crippen molar-refractivity contribution in [3.63, 3.8) is 0 Å². The van der Waals surface area contributed by atoms with Crippen molar-refractivity contribution < 1.29 is 34.1 Å². The van der Waals surface area contributed by atoms with Crippen LogP contribution in [0.5, 0.6) is 11.5 Å². The Kier molecular flexibility index (Phi) is 8.01. The van der Waals surface area contributed by atoms with Crippen LogP contribution in [0.3, 0.4) is 0 Å². The summed E-state index contributed by atoms with van der Waals surface area (Å²) in [4.78, 5) is 50.7. The minimum atomic E-state index is -1.37. The van der Waals surface area contributed by atoms with E-state index in [1.165, 1.54) is 30.3 Å². The highest BCUT2D eigenvalue weighted by Crippen LogP contribution is 2.36. The number of carbonyl (C=O) groups is 4. The molecule has 0 fully saturated rings. The number of hydrogen-bond donors (Lipinski definition) is 2. The second-order valence-electron chi connectivity index (χ2n) is 9.00. The number of aromatic carboxylic acids is 2. The molecule has 4 aromatic rings. The SMILES string of the molecule is CCC(=O)c1cccc(C(=O)Cc2ccc(Oc3ccc(C)cc3)cc2)c1-c1c(C(=O)O)cccc1C(=O)O. The van der Waals surface area contributed by atoms with Crippen molar-refractivity contribution in [2.45, 2.75) is 26.7 Å². The molecule has 0 spiro atoms. The van der Waals surface area contributed by atoms with E-state index in [9.17, 15) is 29.4 Å². The number of carboxylic acid groups (broad SMARTS) is 2. The van der Waals surface area contributed by atoms with Crippen LogP contribution in [0.1, 0.15) is 65.9 Å². The fraction of sp³-hybridized carbons (Fsp3) is 0.125. The molecule has 0 heterocycles. The number of carbonyl (C=O) groups excluding carboxylic acids is 2. The Bertz CT molecular complexity index is 1530. The van der Waals surface area contributed by atoms with E-state index in [4.69, 9.17) is 4.74 Å². The predicted octanol–water partition coefficient (Wildman–Crippen LogP) is 6.87. The second-order valence-corrected chi connectivity index (χ2v) is 9.00. The molecule has 0 atom stereocenters. The van der Waals surface area contributed by atoms with Gasteiger partial charge < -0.3 is 14.9 Å². The number of ketones is 2. The monoisotopic (exact) mass is 522 g/mol. The molecular formula is C32H26O7. The van der Waals surface area contributed by atoms with Gasteiger partial charge in [0.25, 0.3) is 0 Å². The highest BCUT2D eigenvalue weighted by atomic mass is 16.5. The van der Waals surface area contributed by atoms with Gasteiger partial charge in [0.05, 0.1) is 11.1 Å². The maximum absolute atomic E-state index is 13.6. The molecule has 0 aliphatic rings. The highest BCUT2D eigenvalue weighted by molar-refractivity contribution is 6.15. The summed E-state index contributed by atoms with van der Waals surface area (Å²) in [6.07, 6.45) is 0.0317. The Balaban J connectivity index is 1.75. The van der Waals surface area contributed by atoms with Crippen LogP contribution in [0.4, 0.5) is 0 Å². The maximum atomic E-state index is 13.6. The van der Waals surface area contributed by atoms with Gasteiger partial charge in [0, 0.05) is 35.1 Å². The molecule has 0 aromatic heterocycles. The second kappa shape index (κ2) is 11.6. The van der Waals surface area contributed by atoms with Crippen LogP contribution in [-0.4, -0.2) is 33.7 Å². The molecule has 0 aliphatic carbocycles. The number of rotatable bonds is 10. The summed E-state index contributed by atoms with van der Waals surface area (Å²) in [5.74, 6) is -2.19. The normalized spacial score (nSPS) is 10.6. The van der Waals surface area contributed by atoms with Gasteiger partial charge in [-0.2, -0.15) is 0 Å². The van der Waals surface area contributed by atoms with Crippen molar-refractivity contribution in [1.82, 2.24) is 0 Å². The average molecular weight is 523 g/mol. The number of hydrogen-bond acceptors (Lipinski definition) is 5. The predicted molar refractivity (Wildman–Crippen MR) is 146 cm³/mol. The zero-order chi connectivity index (χ0) is 28.1. The number of benzene rings is 4. The first-order valence-electron chi connectivity index (χ1n) is 12.3. The van der Waals surface area contributed by atoms with Crippen LogP contribution in [0.15, 0.2) is 84.9 Å². The lowest BCUT2D eigenvalue weighted by Gasteiger charge is -2.18. The van der Waals surface area contributed by atoms with Gasteiger partial charge in [0.1, 0.15) is 11.5 Å². The molecular weight excluding hydrogens is 496 g/mol. The molecule has 0 aliphatic heterocycles. The number of Topliss-reactive ketones (excluding diaryl/α,β-unsaturated/α-hetero) is 2. The molecule has 4 rings (SSSR count). The summed E-state index contributed by atoms with van der Waals surface area (Å²) in [5, 5.41) is 19.7. The van der Waals surface area contributed by atoms with E-state index in [2.05, 4.69) is 0 Å².